The molecule has 0 aliphatic carbocycles. The maximum absolute atomic E-state index is 13.7. The second-order valence-electron chi connectivity index (χ2n) is 8.74. The van der Waals surface area contributed by atoms with Gasteiger partial charge in [-0.15, -0.1) is 0 Å². The fraction of sp³-hybridized carbons (Fsp3) is 0.321. The predicted octanol–water partition coefficient (Wildman–Crippen LogP) is 3.94. The summed E-state index contributed by atoms with van der Waals surface area (Å²) in [7, 11) is 3.15. The largest absolute Gasteiger partial charge is 0.493 e. The Labute approximate surface area is 214 Å². The molecule has 7 nitrogen and oxygen atoms in total. The van der Waals surface area contributed by atoms with Crippen LogP contribution in [0, 0.1) is 0 Å². The molecule has 8 heteroatoms. The smallest absolute Gasteiger partial charge is 0.338 e. The third-order valence-electron chi connectivity index (χ3n) is 6.14. The molecule has 188 valence electrons. The van der Waals surface area contributed by atoms with Crippen LogP contribution in [0.3, 0.4) is 0 Å². The number of fused-ring (bicyclic) bond motifs is 1. The zero-order chi connectivity index (χ0) is 26.0. The number of carbonyl (C=O) groups excluding carboxylic acids is 1. The molecule has 0 fully saturated rings. The van der Waals surface area contributed by atoms with Crippen LogP contribution >= 0.6 is 11.3 Å². The fourth-order valence-corrected chi connectivity index (χ4v) is 5.31. The lowest BCUT2D eigenvalue weighted by molar-refractivity contribution is -0.139. The first-order valence-electron chi connectivity index (χ1n) is 11.8. The van der Waals surface area contributed by atoms with Gasteiger partial charge in [0.15, 0.2) is 16.3 Å². The molecule has 3 aromatic rings. The van der Waals surface area contributed by atoms with E-state index in [9.17, 15) is 9.59 Å². The zero-order valence-corrected chi connectivity index (χ0v) is 22.1. The quantitative estimate of drug-likeness (QED) is 0.454. The minimum Gasteiger partial charge on any atom is -0.493 e. The van der Waals surface area contributed by atoms with E-state index >= 15 is 0 Å². The van der Waals surface area contributed by atoms with Gasteiger partial charge in [-0.2, -0.15) is 0 Å². The van der Waals surface area contributed by atoms with Crippen molar-refractivity contribution in [2.45, 2.75) is 39.7 Å². The number of carbonyl (C=O) groups is 1. The van der Waals surface area contributed by atoms with E-state index in [1.54, 1.807) is 44.8 Å². The Bertz CT molecular complexity index is 1500. The highest BCUT2D eigenvalue weighted by Gasteiger charge is 2.33. The van der Waals surface area contributed by atoms with Crippen molar-refractivity contribution in [3.63, 3.8) is 0 Å². The van der Waals surface area contributed by atoms with Crippen LogP contribution in [0.4, 0.5) is 0 Å². The molecular weight excluding hydrogens is 476 g/mol. The normalized spacial score (nSPS) is 15.5. The number of hydrogen-bond acceptors (Lipinski definition) is 7. The topological polar surface area (TPSA) is 79.1 Å². The van der Waals surface area contributed by atoms with Crippen LogP contribution in [-0.4, -0.2) is 31.4 Å². The van der Waals surface area contributed by atoms with Gasteiger partial charge < -0.3 is 14.2 Å². The Kier molecular flexibility index (Phi) is 7.45. The van der Waals surface area contributed by atoms with Gasteiger partial charge in [-0.1, -0.05) is 55.5 Å². The van der Waals surface area contributed by atoms with E-state index in [4.69, 9.17) is 14.2 Å². The Morgan fingerprint density at radius 1 is 1.11 bits per heavy atom. The SMILES string of the molecule is CCOC(=O)C1=C(C)N=c2s/c(=C\c3ccc(OC)c(OC)c3)c(=O)n2[C@H]1c1ccc(C(C)C)cc1. The number of thiazole rings is 1. The van der Waals surface area contributed by atoms with Crippen molar-refractivity contribution >= 4 is 23.4 Å². The Morgan fingerprint density at radius 2 is 1.81 bits per heavy atom. The van der Waals surface area contributed by atoms with Gasteiger partial charge in [0.05, 0.1) is 42.7 Å². The van der Waals surface area contributed by atoms with E-state index in [2.05, 4.69) is 18.8 Å². The summed E-state index contributed by atoms with van der Waals surface area (Å²) in [5.41, 5.74) is 3.50. The highest BCUT2D eigenvalue weighted by Crippen LogP contribution is 2.32. The number of hydrogen-bond donors (Lipinski definition) is 0. The fourth-order valence-electron chi connectivity index (χ4n) is 4.26. The summed E-state index contributed by atoms with van der Waals surface area (Å²) in [5.74, 6) is 1.08. The van der Waals surface area contributed by atoms with Crippen molar-refractivity contribution in [2.75, 3.05) is 20.8 Å². The van der Waals surface area contributed by atoms with Gasteiger partial charge in [0.2, 0.25) is 0 Å². The lowest BCUT2D eigenvalue weighted by Gasteiger charge is -2.25. The number of methoxy groups -OCH3 is 2. The number of ether oxygens (including phenoxy) is 3. The van der Waals surface area contributed by atoms with Crippen molar-refractivity contribution in [3.05, 3.63) is 90.1 Å². The van der Waals surface area contributed by atoms with Gasteiger partial charge >= 0.3 is 5.97 Å². The summed E-state index contributed by atoms with van der Waals surface area (Å²) in [6, 6.07) is 12.9. The molecule has 36 heavy (non-hydrogen) atoms. The lowest BCUT2D eigenvalue weighted by atomic mass is 9.93. The number of nitrogens with zero attached hydrogens (tertiary/aromatic N) is 2. The molecule has 2 aromatic carbocycles. The van der Waals surface area contributed by atoms with E-state index in [0.29, 0.717) is 38.0 Å². The van der Waals surface area contributed by atoms with Crippen LogP contribution in [0.1, 0.15) is 56.3 Å². The van der Waals surface area contributed by atoms with Crippen molar-refractivity contribution in [2.24, 2.45) is 4.99 Å². The summed E-state index contributed by atoms with van der Waals surface area (Å²) in [6.07, 6.45) is 1.80. The van der Waals surface area contributed by atoms with Crippen LogP contribution in [0.2, 0.25) is 0 Å². The first kappa shape index (κ1) is 25.4. The third kappa shape index (κ3) is 4.73. The molecule has 1 aromatic heterocycles. The first-order valence-corrected chi connectivity index (χ1v) is 12.6. The molecule has 0 saturated carbocycles. The van der Waals surface area contributed by atoms with Crippen molar-refractivity contribution in [1.82, 2.24) is 4.57 Å². The number of benzene rings is 2. The summed E-state index contributed by atoms with van der Waals surface area (Å²) < 4.78 is 18.2. The molecule has 1 atom stereocenters. The maximum atomic E-state index is 13.7. The van der Waals surface area contributed by atoms with E-state index in [0.717, 1.165) is 11.1 Å². The van der Waals surface area contributed by atoms with E-state index < -0.39 is 12.0 Å². The molecule has 0 radical (unpaired) electrons. The average molecular weight is 507 g/mol. The van der Waals surface area contributed by atoms with Crippen molar-refractivity contribution < 1.29 is 19.0 Å². The van der Waals surface area contributed by atoms with Gasteiger partial charge in [-0.25, -0.2) is 9.79 Å². The minimum absolute atomic E-state index is 0.222. The second kappa shape index (κ2) is 10.5. The number of aromatic nitrogens is 1. The lowest BCUT2D eigenvalue weighted by Crippen LogP contribution is -2.39. The molecule has 1 aliphatic rings. The van der Waals surface area contributed by atoms with Crippen molar-refractivity contribution in [1.29, 1.82) is 0 Å². The molecule has 2 heterocycles. The Hall–Kier alpha value is -3.65. The van der Waals surface area contributed by atoms with Crippen LogP contribution < -0.4 is 24.4 Å². The number of esters is 1. The van der Waals surface area contributed by atoms with Crippen LogP contribution in [-0.2, 0) is 9.53 Å². The highest BCUT2D eigenvalue weighted by atomic mass is 32.1. The van der Waals surface area contributed by atoms with Crippen LogP contribution in [0.15, 0.2) is 63.5 Å². The molecular formula is C28H30N2O5S. The summed E-state index contributed by atoms with van der Waals surface area (Å²) in [5, 5.41) is 0. The van der Waals surface area contributed by atoms with Crippen LogP contribution in [0.5, 0.6) is 11.5 Å². The van der Waals surface area contributed by atoms with Crippen LogP contribution in [0.25, 0.3) is 6.08 Å². The standard InChI is InChI=1S/C28H30N2O5S/c1-7-35-27(32)24-17(4)29-28-30(25(24)20-11-9-19(10-12-20)16(2)3)26(31)23(36-28)15-18-8-13-21(33-5)22(14-18)34-6/h8-16,25H,7H2,1-6H3/b23-15-/t25-/m0/s1. The van der Waals surface area contributed by atoms with E-state index in [-0.39, 0.29) is 12.2 Å². The predicted molar refractivity (Wildman–Crippen MR) is 140 cm³/mol. The Morgan fingerprint density at radius 3 is 2.42 bits per heavy atom. The zero-order valence-electron chi connectivity index (χ0n) is 21.3. The van der Waals surface area contributed by atoms with Gasteiger partial charge in [0, 0.05) is 0 Å². The molecule has 0 amide bonds. The average Bonchev–Trinajstić information content (AvgIpc) is 3.17. The highest BCUT2D eigenvalue weighted by molar-refractivity contribution is 7.07. The van der Waals surface area contributed by atoms with Gasteiger partial charge in [0.25, 0.3) is 5.56 Å². The van der Waals surface area contributed by atoms with Gasteiger partial charge in [-0.3, -0.25) is 9.36 Å². The molecule has 0 unspecified atom stereocenters. The van der Waals surface area contributed by atoms with E-state index in [1.807, 2.05) is 36.4 Å². The van der Waals surface area contributed by atoms with Crippen molar-refractivity contribution in [3.8, 4) is 11.5 Å². The monoisotopic (exact) mass is 506 g/mol. The summed E-state index contributed by atoms with van der Waals surface area (Å²) >= 11 is 1.29. The first-order chi connectivity index (χ1) is 17.3. The summed E-state index contributed by atoms with van der Waals surface area (Å²) in [6.45, 7) is 8.03. The van der Waals surface area contributed by atoms with Gasteiger partial charge in [-0.05, 0) is 54.7 Å². The van der Waals surface area contributed by atoms with Gasteiger partial charge in [0.1, 0.15) is 0 Å². The summed E-state index contributed by atoms with van der Waals surface area (Å²) in [4.78, 5) is 31.9. The molecule has 0 spiro atoms. The van der Waals surface area contributed by atoms with E-state index in [1.165, 1.54) is 16.9 Å². The number of allylic oxidation sites excluding steroid dienone is 1. The molecule has 0 saturated heterocycles. The third-order valence-corrected chi connectivity index (χ3v) is 7.12. The Balaban J connectivity index is 1.91. The molecule has 1 aliphatic heterocycles. The molecule has 0 N–H and O–H groups in total. The molecule has 0 bridgehead atoms. The number of rotatable bonds is 7. The second-order valence-corrected chi connectivity index (χ2v) is 9.75. The maximum Gasteiger partial charge on any atom is 0.338 e. The molecule has 4 rings (SSSR count). The minimum atomic E-state index is -0.630.